The molecule has 1 saturated carbocycles. The molecule has 0 radical (unpaired) electrons. The Labute approximate surface area is 344 Å². The molecule has 1 amide bonds. The van der Waals surface area contributed by atoms with Gasteiger partial charge in [0.05, 0.1) is 19.3 Å². The topological polar surface area (TPSA) is 157 Å². The van der Waals surface area contributed by atoms with Crippen molar-refractivity contribution in [3.05, 3.63) is 117 Å². The summed E-state index contributed by atoms with van der Waals surface area (Å²) in [5.74, 6) is -1.07. The monoisotopic (exact) mass is 841 g/mol. The zero-order valence-corrected chi connectivity index (χ0v) is 33.0. The van der Waals surface area contributed by atoms with E-state index in [1.807, 2.05) is 0 Å². The number of hydrogen-bond acceptors (Lipinski definition) is 10. The van der Waals surface area contributed by atoms with E-state index in [1.165, 1.54) is 62.0 Å². The summed E-state index contributed by atoms with van der Waals surface area (Å²) in [6.07, 6.45) is 5.53. The van der Waals surface area contributed by atoms with Gasteiger partial charge in [0.25, 0.3) is 5.91 Å². The van der Waals surface area contributed by atoms with E-state index in [0.717, 1.165) is 38.8 Å². The largest absolute Gasteiger partial charge is 0.870 e. The summed E-state index contributed by atoms with van der Waals surface area (Å²) >= 11 is 13.0. The van der Waals surface area contributed by atoms with Crippen molar-refractivity contribution in [3.63, 3.8) is 0 Å². The number of carbonyl (C=O) groups is 3. The number of carbonyl (C=O) groups excluding carboxylic acids is 3. The lowest BCUT2D eigenvalue weighted by Gasteiger charge is -2.44. The molecule has 0 spiro atoms. The lowest BCUT2D eigenvalue weighted by molar-refractivity contribution is -0.377. The minimum Gasteiger partial charge on any atom is -0.870 e. The molecule has 4 heterocycles. The van der Waals surface area contributed by atoms with Gasteiger partial charge in [-0.05, 0) is 104 Å². The highest BCUT2D eigenvalue weighted by molar-refractivity contribution is 6.35. The first-order valence-corrected chi connectivity index (χ1v) is 19.5. The third-order valence-corrected chi connectivity index (χ3v) is 11.2. The van der Waals surface area contributed by atoms with E-state index in [4.69, 9.17) is 46.9 Å². The molecule has 8 rings (SSSR count). The number of rotatable bonds is 16. The van der Waals surface area contributed by atoms with Crippen LogP contribution >= 0.6 is 23.2 Å². The zero-order valence-electron chi connectivity index (χ0n) is 31.5. The lowest BCUT2D eigenvalue weighted by atomic mass is 9.86. The minimum atomic E-state index is -3.09. The number of fused-ring (bicyclic) bond motifs is 3. The molecule has 2 bridgehead atoms. The van der Waals surface area contributed by atoms with Crippen LogP contribution in [0, 0.1) is 11.8 Å². The quantitative estimate of drug-likeness (QED) is 0.114. The molecule has 58 heavy (non-hydrogen) atoms. The van der Waals surface area contributed by atoms with Crippen molar-refractivity contribution < 1.29 is 57.3 Å². The molecule has 1 aromatic heterocycles. The number of nitrogens with zero attached hydrogens (tertiary/aromatic N) is 1. The number of aromatic nitrogens is 1. The molecule has 16 heteroatoms. The highest BCUT2D eigenvalue weighted by Crippen LogP contribution is 2.38. The van der Waals surface area contributed by atoms with E-state index in [9.17, 15) is 23.2 Å². The predicted molar refractivity (Wildman–Crippen MR) is 207 cm³/mol. The van der Waals surface area contributed by atoms with Crippen molar-refractivity contribution >= 4 is 41.0 Å². The van der Waals surface area contributed by atoms with E-state index in [-0.39, 0.29) is 56.6 Å². The number of ether oxygens (including phenoxy) is 5. The Balaban J connectivity index is 0.00000567. The number of piperidine rings is 3. The number of benzene rings is 3. The maximum absolute atomic E-state index is 13.9. The highest BCUT2D eigenvalue weighted by Gasteiger charge is 2.38. The summed E-state index contributed by atoms with van der Waals surface area (Å²) in [7, 11) is 1.51. The number of pyridine rings is 1. The highest BCUT2D eigenvalue weighted by atomic mass is 35.5. The predicted octanol–water partition coefficient (Wildman–Crippen LogP) is 7.28. The van der Waals surface area contributed by atoms with Crippen molar-refractivity contribution in [2.75, 3.05) is 33.4 Å². The smallest absolute Gasteiger partial charge is 0.387 e. The van der Waals surface area contributed by atoms with Crippen LogP contribution in [0.2, 0.25) is 10.0 Å². The summed E-state index contributed by atoms with van der Waals surface area (Å²) < 4.78 is 54.7. The second-order valence-corrected chi connectivity index (χ2v) is 15.3. The number of aromatic amines is 1. The van der Waals surface area contributed by atoms with Crippen LogP contribution in [0.15, 0.2) is 79.1 Å². The third-order valence-electron chi connectivity index (χ3n) is 10.5. The van der Waals surface area contributed by atoms with Gasteiger partial charge in [-0.3, -0.25) is 9.69 Å². The Morgan fingerprint density at radius 1 is 0.897 bits per heavy atom. The third kappa shape index (κ3) is 10.5. The number of nitrogens with one attached hydrogen (secondary N) is 2. The van der Waals surface area contributed by atoms with Crippen LogP contribution in [0.25, 0.3) is 0 Å². The summed E-state index contributed by atoms with van der Waals surface area (Å²) in [6, 6.07) is 15.8. The number of H-pyrrole nitrogens is 1. The summed E-state index contributed by atoms with van der Waals surface area (Å²) in [5, 5.41) is 3.38. The van der Waals surface area contributed by atoms with Crippen LogP contribution in [-0.2, 0) is 20.7 Å². The van der Waals surface area contributed by atoms with Gasteiger partial charge in [0, 0.05) is 24.1 Å². The first kappa shape index (κ1) is 42.6. The second kappa shape index (κ2) is 19.2. The number of hydrogen-bond donors (Lipinski definition) is 1. The molecule has 1 unspecified atom stereocenters. The van der Waals surface area contributed by atoms with Gasteiger partial charge in [0.1, 0.15) is 28.0 Å². The number of amides is 1. The van der Waals surface area contributed by atoms with Gasteiger partial charge in [-0.1, -0.05) is 47.5 Å². The van der Waals surface area contributed by atoms with E-state index < -0.39 is 36.6 Å². The van der Waals surface area contributed by atoms with Gasteiger partial charge in [-0.2, -0.15) is 8.78 Å². The van der Waals surface area contributed by atoms with Gasteiger partial charge in [-0.15, -0.1) is 0 Å². The van der Waals surface area contributed by atoms with Gasteiger partial charge in [0.15, 0.2) is 29.9 Å². The van der Waals surface area contributed by atoms with E-state index in [2.05, 4.69) is 15.2 Å². The Morgan fingerprint density at radius 2 is 1.62 bits per heavy atom. The van der Waals surface area contributed by atoms with Crippen molar-refractivity contribution in [1.29, 1.82) is 0 Å². The SMILES string of the molecule is COc1cccc(C(NC(=O)c2cccc(C(=O)O[C@@H](Cc3c(Cl)c[nH+]cc3Cl)c3ccc(OC(F)F)c(OCC4CC4)c3)c2)C(=O)O[C@H]2CN3CCC2CC3)c1.[OH-]. The Hall–Kier alpha value is -5.02. The molecule has 4 aliphatic rings. The van der Waals surface area contributed by atoms with Crippen LogP contribution in [0.5, 0.6) is 17.2 Å². The standard InChI is InChI=1S/C42H41Cl2F2N3O8.H2O/c1-53-30-7-3-4-27(17-30)38(41(52)56-37-22-49-14-12-25(37)13-15-49)48-39(50)28-5-2-6-29(16-28)40(51)55-35(19-31-32(43)20-47-21-33(31)44)26-10-11-34(57-42(45)46)36(18-26)54-23-24-8-9-24;/h2-7,10-11,16-18,20-21,24-25,35,37-38,42H,8-9,12-15,19,22-23H2,1H3,(H,48,50);1H2/t35-,37-,38?;/m0./s1. The lowest BCUT2D eigenvalue weighted by Crippen LogP contribution is -2.52. The van der Waals surface area contributed by atoms with Gasteiger partial charge in [0.2, 0.25) is 0 Å². The molecule has 3 atom stereocenters. The van der Waals surface area contributed by atoms with Gasteiger partial charge < -0.3 is 34.5 Å². The van der Waals surface area contributed by atoms with Crippen LogP contribution < -0.4 is 24.5 Å². The van der Waals surface area contributed by atoms with Gasteiger partial charge in [-0.25, -0.2) is 14.6 Å². The van der Waals surface area contributed by atoms with Crippen LogP contribution in [0.1, 0.15) is 75.2 Å². The molecule has 3 aromatic carbocycles. The maximum atomic E-state index is 13.9. The van der Waals surface area contributed by atoms with Crippen molar-refractivity contribution in [2.24, 2.45) is 11.8 Å². The van der Waals surface area contributed by atoms with Crippen molar-refractivity contribution in [2.45, 2.75) is 57.0 Å². The average Bonchev–Trinajstić information content (AvgIpc) is 4.05. The zero-order chi connectivity index (χ0) is 40.1. The molecule has 4 fully saturated rings. The first-order valence-electron chi connectivity index (χ1n) is 18.8. The Morgan fingerprint density at radius 3 is 2.29 bits per heavy atom. The van der Waals surface area contributed by atoms with E-state index in [1.54, 1.807) is 24.3 Å². The molecule has 12 nitrogen and oxygen atoms in total. The summed E-state index contributed by atoms with van der Waals surface area (Å²) in [6.45, 7) is -0.190. The van der Waals surface area contributed by atoms with Crippen LogP contribution in [0.3, 0.4) is 0 Å². The fraction of sp³-hybridized carbons (Fsp3) is 0.381. The van der Waals surface area contributed by atoms with Crippen LogP contribution in [-0.4, -0.2) is 74.3 Å². The molecular formula is C42H43Cl2F2N3O9. The molecule has 3 aliphatic heterocycles. The van der Waals surface area contributed by atoms with E-state index >= 15 is 0 Å². The normalized spacial score (nSPS) is 19.3. The average molecular weight is 843 g/mol. The molecule has 3 saturated heterocycles. The van der Waals surface area contributed by atoms with Crippen molar-refractivity contribution in [3.8, 4) is 17.2 Å². The fourth-order valence-corrected chi connectivity index (χ4v) is 7.70. The number of esters is 2. The van der Waals surface area contributed by atoms with Gasteiger partial charge >= 0.3 is 18.6 Å². The second-order valence-electron chi connectivity index (χ2n) is 14.4. The molecule has 3 N–H and O–H groups in total. The Bertz CT molecular complexity index is 2080. The van der Waals surface area contributed by atoms with Crippen molar-refractivity contribution in [1.82, 2.24) is 10.2 Å². The molecule has 4 aromatic rings. The fourth-order valence-electron chi connectivity index (χ4n) is 7.17. The maximum Gasteiger partial charge on any atom is 0.387 e. The molecular weight excluding hydrogens is 799 g/mol. The number of halogens is 4. The minimum absolute atomic E-state index is 0. The van der Waals surface area contributed by atoms with E-state index in [0.29, 0.717) is 41.5 Å². The summed E-state index contributed by atoms with van der Waals surface area (Å²) in [4.78, 5) is 46.7. The molecule has 1 aliphatic carbocycles. The summed E-state index contributed by atoms with van der Waals surface area (Å²) in [5.41, 5.74) is 1.44. The number of alkyl halides is 2. The molecule has 308 valence electrons. The number of methoxy groups -OCH3 is 1. The Kier molecular flexibility index (Phi) is 14.1. The van der Waals surface area contributed by atoms with Crippen LogP contribution in [0.4, 0.5) is 8.78 Å². The first-order chi connectivity index (χ1) is 27.5.